The molecule has 0 radical (unpaired) electrons. The number of benzene rings is 1. The molecule has 0 atom stereocenters. The Bertz CT molecular complexity index is 1320. The third-order valence-electron chi connectivity index (χ3n) is 6.01. The third-order valence-corrected chi connectivity index (χ3v) is 7.34. The molecule has 1 rings (SSSR count). The highest BCUT2D eigenvalue weighted by Gasteiger charge is 2.97. The van der Waals surface area contributed by atoms with E-state index in [2.05, 4.69) is 4.18 Å². The highest BCUT2D eigenvalue weighted by atomic mass is 32.2. The largest absolute Gasteiger partial charge is 0.460 e. The number of halogens is 21. The fourth-order valence-corrected chi connectivity index (χ4v) is 4.08. The fourth-order valence-electron chi connectivity index (χ4n) is 3.14. The topological polar surface area (TPSA) is 43.4 Å². The maximum atomic E-state index is 13.9. The predicted octanol–water partition coefficient (Wildman–Crippen LogP) is 9.15. The molecule has 0 spiro atoms. The second kappa shape index (κ2) is 12.0. The summed E-state index contributed by atoms with van der Waals surface area (Å²) in [5, 5.41) is 0. The maximum absolute atomic E-state index is 13.9. The Balaban J connectivity index is 3.32. The summed E-state index contributed by atoms with van der Waals surface area (Å²) in [5.74, 6) is -77.4. The van der Waals surface area contributed by atoms with Crippen LogP contribution in [0, 0.1) is 6.92 Å². The molecule has 0 bridgehead atoms. The minimum Gasteiger partial charge on any atom is -0.266 e. The zero-order valence-electron chi connectivity index (χ0n) is 21.7. The van der Waals surface area contributed by atoms with Gasteiger partial charge in [0.15, 0.2) is 0 Å². The number of hydrogen-bond acceptors (Lipinski definition) is 3. The normalized spacial score (nSPS) is 15.8. The van der Waals surface area contributed by atoms with E-state index in [-0.39, 0.29) is 0 Å². The molecule has 25 heteroatoms. The predicted molar refractivity (Wildman–Crippen MR) is 109 cm³/mol. The molecule has 0 saturated carbocycles. The Morgan fingerprint density at radius 1 is 0.500 bits per heavy atom. The maximum Gasteiger partial charge on any atom is 0.460 e. The average Bonchev–Trinajstić information content (AvgIpc) is 2.86. The van der Waals surface area contributed by atoms with Crippen molar-refractivity contribution in [1.82, 2.24) is 0 Å². The highest BCUT2D eigenvalue weighted by Crippen LogP contribution is 2.66. The Morgan fingerprint density at radius 3 is 1.17 bits per heavy atom. The van der Waals surface area contributed by atoms with Crippen molar-refractivity contribution in [2.45, 2.75) is 90.6 Å². The standard InChI is InChI=1S/C21H15F21O3S/c1-10-4-6-11(7-5-10)46(43,44)45-9-3-2-8-12(22,23)13(24,25)14(26,27)15(28,29)16(30,31)17(32,33)18(34,35)19(36,37)20(38,39)21(40,41)42/h4-7H,2-3,8-9H2,1H3. The van der Waals surface area contributed by atoms with Gasteiger partial charge in [-0.15, -0.1) is 0 Å². The van der Waals surface area contributed by atoms with Crippen LogP contribution < -0.4 is 0 Å². The summed E-state index contributed by atoms with van der Waals surface area (Å²) in [7, 11) is -4.67. The van der Waals surface area contributed by atoms with Gasteiger partial charge in [0.05, 0.1) is 11.5 Å². The molecule has 46 heavy (non-hydrogen) atoms. The van der Waals surface area contributed by atoms with Gasteiger partial charge in [-0.25, -0.2) is 0 Å². The fraction of sp³-hybridized carbons (Fsp3) is 0.714. The van der Waals surface area contributed by atoms with Crippen LogP contribution in [0.1, 0.15) is 24.8 Å². The first-order valence-electron chi connectivity index (χ1n) is 11.4. The van der Waals surface area contributed by atoms with Crippen molar-refractivity contribution in [3.8, 4) is 0 Å². The first-order valence-corrected chi connectivity index (χ1v) is 12.8. The second-order valence-electron chi connectivity index (χ2n) is 9.34. The molecule has 0 aromatic heterocycles. The van der Waals surface area contributed by atoms with Gasteiger partial charge < -0.3 is 0 Å². The molecule has 0 unspecified atom stereocenters. The molecule has 1 aromatic rings. The number of unbranched alkanes of at least 4 members (excludes halogenated alkanes) is 1. The molecule has 0 N–H and O–H groups in total. The summed E-state index contributed by atoms with van der Waals surface area (Å²) < 4.78 is 309. The summed E-state index contributed by atoms with van der Waals surface area (Å²) in [6, 6.07) is 4.39. The summed E-state index contributed by atoms with van der Waals surface area (Å²) in [5.41, 5.74) is 0.528. The van der Waals surface area contributed by atoms with Crippen LogP contribution in [0.25, 0.3) is 0 Å². The first kappa shape index (κ1) is 41.7. The highest BCUT2D eigenvalue weighted by molar-refractivity contribution is 7.86. The van der Waals surface area contributed by atoms with Gasteiger partial charge in [-0.2, -0.15) is 101 Å². The number of rotatable bonds is 15. The van der Waals surface area contributed by atoms with Crippen LogP contribution in [0.4, 0.5) is 92.2 Å². The van der Waals surface area contributed by atoms with Crippen LogP contribution in [-0.4, -0.2) is 74.5 Å². The Kier molecular flexibility index (Phi) is 10.8. The van der Waals surface area contributed by atoms with Crippen LogP contribution in [0.15, 0.2) is 29.2 Å². The molecular formula is C21H15F21O3S. The van der Waals surface area contributed by atoms with Crippen molar-refractivity contribution in [2.75, 3.05) is 6.61 Å². The van der Waals surface area contributed by atoms with Crippen LogP contribution >= 0.6 is 0 Å². The van der Waals surface area contributed by atoms with E-state index in [1.165, 1.54) is 19.1 Å². The second-order valence-corrected chi connectivity index (χ2v) is 11.0. The van der Waals surface area contributed by atoms with Gasteiger partial charge in [0.1, 0.15) is 0 Å². The molecule has 0 heterocycles. The van der Waals surface area contributed by atoms with Crippen LogP contribution in [-0.2, 0) is 14.3 Å². The van der Waals surface area contributed by atoms with E-state index < -0.39 is 100 Å². The lowest BCUT2D eigenvalue weighted by Gasteiger charge is -2.44. The summed E-state index contributed by atoms with van der Waals surface area (Å²) in [6.45, 7) is 0.285. The quantitative estimate of drug-likeness (QED) is 0.102. The number of hydrogen-bond donors (Lipinski definition) is 0. The van der Waals surface area contributed by atoms with E-state index in [1.54, 1.807) is 0 Å². The van der Waals surface area contributed by atoms with Crippen molar-refractivity contribution < 1.29 is 105 Å². The van der Waals surface area contributed by atoms with Gasteiger partial charge >= 0.3 is 59.5 Å². The van der Waals surface area contributed by atoms with E-state index in [0.717, 1.165) is 12.1 Å². The lowest BCUT2D eigenvalue weighted by molar-refractivity contribution is -0.474. The van der Waals surface area contributed by atoms with Gasteiger partial charge in [-0.05, 0) is 31.9 Å². The number of aryl methyl sites for hydroxylation is 1. The van der Waals surface area contributed by atoms with Gasteiger partial charge in [0, 0.05) is 6.42 Å². The molecule has 0 fully saturated rings. The molecular weight excluding hydrogens is 731 g/mol. The lowest BCUT2D eigenvalue weighted by atomic mass is 9.85. The van der Waals surface area contributed by atoms with Gasteiger partial charge in [0.25, 0.3) is 10.1 Å². The first-order chi connectivity index (χ1) is 20.0. The van der Waals surface area contributed by atoms with E-state index in [1.807, 2.05) is 0 Å². The Labute approximate surface area is 242 Å². The van der Waals surface area contributed by atoms with Gasteiger partial charge in [-0.3, -0.25) is 4.18 Å². The zero-order valence-corrected chi connectivity index (χ0v) is 22.5. The van der Waals surface area contributed by atoms with E-state index >= 15 is 0 Å². The smallest absolute Gasteiger partial charge is 0.266 e. The van der Waals surface area contributed by atoms with Crippen molar-refractivity contribution in [1.29, 1.82) is 0 Å². The van der Waals surface area contributed by atoms with Gasteiger partial charge in [0.2, 0.25) is 0 Å². The SMILES string of the molecule is Cc1ccc(S(=O)(=O)OCCCCC(F)(F)C(F)(F)C(F)(F)C(F)(F)C(F)(F)C(F)(F)C(F)(F)C(F)(F)C(F)(F)C(F)(F)F)cc1. The molecule has 270 valence electrons. The van der Waals surface area contributed by atoms with Crippen LogP contribution in [0.3, 0.4) is 0 Å². The minimum absolute atomic E-state index is 0.528. The van der Waals surface area contributed by atoms with E-state index in [9.17, 15) is 101 Å². The molecule has 1 aromatic carbocycles. The molecule has 3 nitrogen and oxygen atoms in total. The van der Waals surface area contributed by atoms with Crippen LogP contribution in [0.5, 0.6) is 0 Å². The molecule has 0 aliphatic heterocycles. The minimum atomic E-state index is -9.23. The number of alkyl halides is 21. The molecule has 0 aliphatic rings. The Hall–Kier alpha value is -2.34. The molecule has 0 saturated heterocycles. The van der Waals surface area contributed by atoms with Crippen LogP contribution in [0.2, 0.25) is 0 Å². The lowest BCUT2D eigenvalue weighted by Crippen LogP contribution is -2.76. The summed E-state index contributed by atoms with van der Waals surface area (Å²) >= 11 is 0. The zero-order chi connectivity index (χ0) is 37.0. The monoisotopic (exact) mass is 746 g/mol. The van der Waals surface area contributed by atoms with Crippen molar-refractivity contribution in [3.63, 3.8) is 0 Å². The van der Waals surface area contributed by atoms with Gasteiger partial charge in [-0.1, -0.05) is 17.7 Å². The van der Waals surface area contributed by atoms with Crippen molar-refractivity contribution in [2.24, 2.45) is 0 Å². The summed E-state index contributed by atoms with van der Waals surface area (Å²) in [6.07, 6.45) is -13.7. The summed E-state index contributed by atoms with van der Waals surface area (Å²) in [4.78, 5) is -0.556. The molecule has 0 aliphatic carbocycles. The van der Waals surface area contributed by atoms with Crippen molar-refractivity contribution in [3.05, 3.63) is 29.8 Å². The van der Waals surface area contributed by atoms with Crippen molar-refractivity contribution >= 4 is 10.1 Å². The van der Waals surface area contributed by atoms with E-state index in [0.29, 0.717) is 5.56 Å². The molecule has 0 amide bonds. The average molecular weight is 746 g/mol. The third kappa shape index (κ3) is 6.29. The Morgan fingerprint density at radius 2 is 0.826 bits per heavy atom. The van der Waals surface area contributed by atoms with E-state index in [4.69, 9.17) is 0 Å².